The predicted molar refractivity (Wildman–Crippen MR) is 96.1 cm³/mol. The van der Waals surface area contributed by atoms with Crippen molar-refractivity contribution in [1.29, 1.82) is 0 Å². The molecule has 1 aliphatic heterocycles. The number of fused-ring (bicyclic) bond motifs is 1. The molecule has 0 aromatic carbocycles. The van der Waals surface area contributed by atoms with Gasteiger partial charge in [0, 0.05) is 11.8 Å². The molecular weight excluding hydrogens is 330 g/mol. The fourth-order valence-electron chi connectivity index (χ4n) is 3.44. The molecule has 3 aromatic rings. The Labute approximate surface area is 151 Å². The predicted octanol–water partition coefficient (Wildman–Crippen LogP) is 0.124. The first-order chi connectivity index (χ1) is 12.7. The van der Waals surface area contributed by atoms with E-state index in [-0.39, 0.29) is 5.91 Å². The molecule has 1 saturated heterocycles. The topological polar surface area (TPSA) is 75.6 Å². The van der Waals surface area contributed by atoms with Gasteiger partial charge in [-0.3, -0.25) is 10.1 Å². The second-order valence-electron chi connectivity index (χ2n) is 6.57. The molecule has 0 bridgehead atoms. The van der Waals surface area contributed by atoms with Crippen LogP contribution in [-0.2, 0) is 11.3 Å². The number of nitrogens with one attached hydrogen (secondary N) is 3. The van der Waals surface area contributed by atoms with Crippen LogP contribution in [0.3, 0.4) is 0 Å². The van der Waals surface area contributed by atoms with Gasteiger partial charge in [0.05, 0.1) is 19.4 Å². The lowest BCUT2D eigenvalue weighted by molar-refractivity contribution is -0.921. The molecule has 7 heteroatoms. The summed E-state index contributed by atoms with van der Waals surface area (Å²) in [5, 5.41) is 2.86. The van der Waals surface area contributed by atoms with Crippen molar-refractivity contribution in [2.24, 2.45) is 0 Å². The van der Waals surface area contributed by atoms with Crippen molar-refractivity contribution in [3.05, 3.63) is 59.8 Å². The minimum atomic E-state index is -0.201. The molecule has 0 radical (unpaired) electrons. The summed E-state index contributed by atoms with van der Waals surface area (Å²) < 4.78 is 7.38. The second kappa shape index (κ2) is 7.23. The van der Waals surface area contributed by atoms with E-state index in [1.807, 2.05) is 28.8 Å². The van der Waals surface area contributed by atoms with Gasteiger partial charge in [0.25, 0.3) is 0 Å². The molecule has 3 N–H and O–H groups in total. The molecule has 26 heavy (non-hydrogen) atoms. The van der Waals surface area contributed by atoms with Crippen molar-refractivity contribution in [2.45, 2.75) is 13.5 Å². The third-order valence-corrected chi connectivity index (χ3v) is 4.74. The van der Waals surface area contributed by atoms with Crippen LogP contribution in [0.1, 0.15) is 21.9 Å². The van der Waals surface area contributed by atoms with E-state index in [0.29, 0.717) is 11.6 Å². The molecule has 4 rings (SSSR count). The Kier molecular flexibility index (Phi) is 4.64. The lowest BCUT2D eigenvalue weighted by Gasteiger charge is -2.22. The van der Waals surface area contributed by atoms with E-state index in [9.17, 15) is 4.79 Å². The fraction of sp³-hybridized carbons (Fsp3) is 0.316. The van der Waals surface area contributed by atoms with Crippen LogP contribution in [0, 0.1) is 6.92 Å². The Morgan fingerprint density at radius 2 is 2.15 bits per heavy atom. The van der Waals surface area contributed by atoms with Gasteiger partial charge in [-0.2, -0.15) is 4.40 Å². The lowest BCUT2D eigenvalue weighted by Crippen LogP contribution is -3.12. The van der Waals surface area contributed by atoms with Gasteiger partial charge in [0.15, 0.2) is 5.52 Å². The fourth-order valence-corrected chi connectivity index (χ4v) is 3.44. The number of aryl methyl sites for hydroxylation is 1. The number of pyridine rings is 2. The summed E-state index contributed by atoms with van der Waals surface area (Å²) >= 11 is 0. The van der Waals surface area contributed by atoms with E-state index in [1.165, 1.54) is 4.90 Å². The molecule has 0 aliphatic carbocycles. The van der Waals surface area contributed by atoms with E-state index in [0.717, 1.165) is 49.6 Å². The summed E-state index contributed by atoms with van der Waals surface area (Å²) in [6.45, 7) is 6.44. The van der Waals surface area contributed by atoms with Gasteiger partial charge >= 0.3 is 11.7 Å². The molecule has 0 atom stereocenters. The molecule has 4 heterocycles. The van der Waals surface area contributed by atoms with Crippen molar-refractivity contribution in [2.75, 3.05) is 31.6 Å². The van der Waals surface area contributed by atoms with Gasteiger partial charge in [-0.1, -0.05) is 12.1 Å². The molecular formula is C19H23N5O2+2. The summed E-state index contributed by atoms with van der Waals surface area (Å²) in [4.78, 5) is 21.8. The zero-order chi connectivity index (χ0) is 17.9. The number of H-pyrrole nitrogens is 1. The van der Waals surface area contributed by atoms with E-state index >= 15 is 0 Å². The van der Waals surface area contributed by atoms with Crippen LogP contribution in [0.2, 0.25) is 0 Å². The molecule has 3 aromatic heterocycles. The largest absolute Gasteiger partial charge is 0.370 e. The number of rotatable bonds is 4. The maximum absolute atomic E-state index is 12.8. The minimum absolute atomic E-state index is 0.201. The van der Waals surface area contributed by atoms with E-state index in [2.05, 4.69) is 28.3 Å². The number of morpholine rings is 1. The molecule has 0 unspecified atom stereocenters. The zero-order valence-corrected chi connectivity index (χ0v) is 14.8. The smallest absolute Gasteiger partial charge is 0.351 e. The van der Waals surface area contributed by atoms with Crippen LogP contribution in [-0.4, -0.2) is 42.2 Å². The number of ether oxygens (including phenoxy) is 1. The number of hydrogen-bond acceptors (Lipinski definition) is 3. The summed E-state index contributed by atoms with van der Waals surface area (Å²) in [6.07, 6.45) is 3.58. The van der Waals surface area contributed by atoms with Crippen LogP contribution in [0.15, 0.2) is 42.7 Å². The molecule has 1 aliphatic rings. The standard InChI is InChI=1S/C19H21N5O2/c1-14-5-4-8-24-17(14)15(13-23-9-11-26-12-10-23)21-18(24)19(25)22-16-6-2-3-7-20-16/h2-8H,9-13H2,1H3,(H,20,22,25)/p+2. The quantitative estimate of drug-likeness (QED) is 0.584. The number of aromatic nitrogens is 3. The number of hydrogen-bond donors (Lipinski definition) is 3. The summed E-state index contributed by atoms with van der Waals surface area (Å²) in [6, 6.07) is 9.47. The molecule has 7 nitrogen and oxygen atoms in total. The van der Waals surface area contributed by atoms with Gasteiger partial charge in [-0.15, -0.1) is 0 Å². The molecule has 1 amide bonds. The molecule has 0 spiro atoms. The first-order valence-electron chi connectivity index (χ1n) is 8.88. The maximum Gasteiger partial charge on any atom is 0.351 e. The summed E-state index contributed by atoms with van der Waals surface area (Å²) in [5.41, 5.74) is 3.28. The maximum atomic E-state index is 12.8. The zero-order valence-electron chi connectivity index (χ0n) is 14.8. The third kappa shape index (κ3) is 3.31. The van der Waals surface area contributed by atoms with Crippen LogP contribution in [0.5, 0.6) is 0 Å². The Balaban J connectivity index is 1.68. The summed E-state index contributed by atoms with van der Waals surface area (Å²) in [5.74, 6) is 0.846. The van der Waals surface area contributed by atoms with Gasteiger partial charge in [-0.25, -0.2) is 9.97 Å². The van der Waals surface area contributed by atoms with Crippen molar-refractivity contribution in [1.82, 2.24) is 9.97 Å². The van der Waals surface area contributed by atoms with E-state index < -0.39 is 0 Å². The number of carbonyl (C=O) groups excluding carboxylic acids is 1. The Hall–Kier alpha value is -2.77. The number of imidazole rings is 1. The molecule has 0 saturated carbocycles. The van der Waals surface area contributed by atoms with Crippen LogP contribution >= 0.6 is 0 Å². The molecule has 134 valence electrons. The third-order valence-electron chi connectivity index (χ3n) is 4.74. The molecule has 1 fully saturated rings. The number of carbonyl (C=O) groups is 1. The van der Waals surface area contributed by atoms with E-state index in [1.54, 1.807) is 12.3 Å². The average Bonchev–Trinajstić information content (AvgIpc) is 3.03. The van der Waals surface area contributed by atoms with Gasteiger partial charge in [0.1, 0.15) is 25.5 Å². The Morgan fingerprint density at radius 1 is 1.31 bits per heavy atom. The van der Waals surface area contributed by atoms with Crippen LogP contribution < -0.4 is 14.6 Å². The number of amides is 1. The van der Waals surface area contributed by atoms with Crippen molar-refractivity contribution in [3.63, 3.8) is 0 Å². The number of aromatic amines is 1. The minimum Gasteiger partial charge on any atom is -0.370 e. The van der Waals surface area contributed by atoms with E-state index in [4.69, 9.17) is 4.74 Å². The van der Waals surface area contributed by atoms with Crippen molar-refractivity contribution in [3.8, 4) is 0 Å². The van der Waals surface area contributed by atoms with Crippen LogP contribution in [0.4, 0.5) is 5.82 Å². The van der Waals surface area contributed by atoms with Crippen LogP contribution in [0.25, 0.3) is 5.52 Å². The monoisotopic (exact) mass is 353 g/mol. The number of quaternary nitrogens is 1. The first-order valence-corrected chi connectivity index (χ1v) is 8.88. The Morgan fingerprint density at radius 3 is 2.92 bits per heavy atom. The second-order valence-corrected chi connectivity index (χ2v) is 6.57. The lowest BCUT2D eigenvalue weighted by atomic mass is 10.2. The van der Waals surface area contributed by atoms with Gasteiger partial charge in [0.2, 0.25) is 5.69 Å². The van der Waals surface area contributed by atoms with Crippen molar-refractivity contribution < 1.29 is 18.8 Å². The Bertz CT molecular complexity index is 916. The first kappa shape index (κ1) is 16.7. The highest BCUT2D eigenvalue weighted by Crippen LogP contribution is 2.12. The highest BCUT2D eigenvalue weighted by atomic mass is 16.5. The average molecular weight is 353 g/mol. The van der Waals surface area contributed by atoms with Gasteiger partial charge < -0.3 is 9.64 Å². The number of anilines is 1. The number of nitrogens with zero attached hydrogens (tertiary/aromatic N) is 2. The normalized spacial score (nSPS) is 15.3. The SMILES string of the molecule is Cc1ccc[n+]2c(C(=O)Nc3ccccn3)[nH]c(C[NH+]3CCOCC3)c12. The van der Waals surface area contributed by atoms with Gasteiger partial charge in [-0.05, 0) is 25.1 Å². The highest BCUT2D eigenvalue weighted by molar-refractivity contribution is 6.00. The van der Waals surface area contributed by atoms with Crippen molar-refractivity contribution >= 4 is 17.2 Å². The highest BCUT2D eigenvalue weighted by Gasteiger charge is 2.29. The summed E-state index contributed by atoms with van der Waals surface area (Å²) in [7, 11) is 0.